The van der Waals surface area contributed by atoms with Crippen molar-refractivity contribution in [1.82, 2.24) is 0 Å². The van der Waals surface area contributed by atoms with Gasteiger partial charge in [-0.2, -0.15) is 0 Å². The maximum absolute atomic E-state index is 11.9. The smallest absolute Gasteiger partial charge is 0.234 e. The number of amides is 1. The van der Waals surface area contributed by atoms with Gasteiger partial charge in [0.15, 0.2) is 0 Å². The third kappa shape index (κ3) is 4.60. The molecule has 1 fully saturated rings. The lowest BCUT2D eigenvalue weighted by Gasteiger charge is -2.20. The van der Waals surface area contributed by atoms with Crippen LogP contribution < -0.4 is 10.1 Å². The molecule has 0 bridgehead atoms. The molecule has 1 aromatic rings. The standard InChI is InChI=1S/C15H20ClNO2S/c1-19-14-8-7-11(9-13(14)16)17-15(18)10-20-12-5-3-2-4-6-12/h7-9,12H,2-6,10H2,1H3,(H,17,18). The first-order valence-corrected chi connectivity index (χ1v) is 8.36. The van der Waals surface area contributed by atoms with Crippen LogP contribution in [0.4, 0.5) is 5.69 Å². The minimum absolute atomic E-state index is 0.0295. The summed E-state index contributed by atoms with van der Waals surface area (Å²) in [6, 6.07) is 5.27. The van der Waals surface area contributed by atoms with Gasteiger partial charge >= 0.3 is 0 Å². The summed E-state index contributed by atoms with van der Waals surface area (Å²) in [5, 5.41) is 4.03. The van der Waals surface area contributed by atoms with Crippen molar-refractivity contribution in [3.05, 3.63) is 23.2 Å². The number of hydrogen-bond donors (Lipinski definition) is 1. The first kappa shape index (κ1) is 15.5. The van der Waals surface area contributed by atoms with Gasteiger partial charge in [-0.15, -0.1) is 11.8 Å². The van der Waals surface area contributed by atoms with E-state index >= 15 is 0 Å². The van der Waals surface area contributed by atoms with E-state index in [1.165, 1.54) is 32.1 Å². The Kier molecular flexibility index (Phi) is 6.05. The van der Waals surface area contributed by atoms with Crippen LogP contribution in [0.3, 0.4) is 0 Å². The highest BCUT2D eigenvalue weighted by Gasteiger charge is 2.15. The minimum Gasteiger partial charge on any atom is -0.495 e. The van der Waals surface area contributed by atoms with E-state index in [4.69, 9.17) is 16.3 Å². The van der Waals surface area contributed by atoms with E-state index in [0.29, 0.717) is 27.5 Å². The summed E-state index contributed by atoms with van der Waals surface area (Å²) >= 11 is 7.80. The number of hydrogen-bond acceptors (Lipinski definition) is 3. The molecule has 1 amide bonds. The summed E-state index contributed by atoms with van der Waals surface area (Å²) < 4.78 is 5.08. The molecule has 0 heterocycles. The second-order valence-electron chi connectivity index (χ2n) is 4.97. The van der Waals surface area contributed by atoms with Crippen molar-refractivity contribution in [1.29, 1.82) is 0 Å². The first-order chi connectivity index (χ1) is 9.69. The highest BCUT2D eigenvalue weighted by atomic mass is 35.5. The quantitative estimate of drug-likeness (QED) is 0.878. The SMILES string of the molecule is COc1ccc(NC(=O)CSC2CCCCC2)cc1Cl. The largest absolute Gasteiger partial charge is 0.495 e. The van der Waals surface area contributed by atoms with Crippen molar-refractivity contribution < 1.29 is 9.53 Å². The van der Waals surface area contributed by atoms with Gasteiger partial charge < -0.3 is 10.1 Å². The van der Waals surface area contributed by atoms with Crippen molar-refractivity contribution in [2.45, 2.75) is 37.4 Å². The summed E-state index contributed by atoms with van der Waals surface area (Å²) in [4.78, 5) is 11.9. The predicted octanol–water partition coefficient (Wildman–Crippen LogP) is 4.35. The van der Waals surface area contributed by atoms with Crippen molar-refractivity contribution in [3.63, 3.8) is 0 Å². The normalized spacial score (nSPS) is 15.9. The molecule has 0 saturated heterocycles. The van der Waals surface area contributed by atoms with Crippen LogP contribution in [0.25, 0.3) is 0 Å². The van der Waals surface area contributed by atoms with Crippen molar-refractivity contribution >= 4 is 35.0 Å². The summed E-state index contributed by atoms with van der Waals surface area (Å²) in [6.45, 7) is 0. The molecule has 0 atom stereocenters. The zero-order valence-corrected chi connectivity index (χ0v) is 13.2. The van der Waals surface area contributed by atoms with Gasteiger partial charge in [0.2, 0.25) is 5.91 Å². The molecule has 1 saturated carbocycles. The van der Waals surface area contributed by atoms with Gasteiger partial charge in [0.25, 0.3) is 0 Å². The number of carbonyl (C=O) groups is 1. The number of methoxy groups -OCH3 is 1. The highest BCUT2D eigenvalue weighted by Crippen LogP contribution is 2.29. The second kappa shape index (κ2) is 7.79. The van der Waals surface area contributed by atoms with Crippen molar-refractivity contribution in [2.75, 3.05) is 18.2 Å². The Morgan fingerprint density at radius 3 is 2.80 bits per heavy atom. The van der Waals surface area contributed by atoms with E-state index in [9.17, 15) is 4.79 Å². The number of anilines is 1. The van der Waals surface area contributed by atoms with Gasteiger partial charge in [0.05, 0.1) is 17.9 Å². The molecule has 2 rings (SSSR count). The number of nitrogens with one attached hydrogen (secondary N) is 1. The zero-order valence-electron chi connectivity index (χ0n) is 11.7. The molecule has 0 radical (unpaired) electrons. The number of carbonyl (C=O) groups excluding carboxylic acids is 1. The fourth-order valence-corrected chi connectivity index (χ4v) is 3.75. The van der Waals surface area contributed by atoms with Gasteiger partial charge in [0.1, 0.15) is 5.75 Å². The Morgan fingerprint density at radius 2 is 2.15 bits per heavy atom. The topological polar surface area (TPSA) is 38.3 Å². The lowest BCUT2D eigenvalue weighted by atomic mass is 10.0. The van der Waals surface area contributed by atoms with E-state index in [0.717, 1.165) is 0 Å². The van der Waals surface area contributed by atoms with E-state index in [-0.39, 0.29) is 5.91 Å². The number of benzene rings is 1. The van der Waals surface area contributed by atoms with Crippen LogP contribution in [-0.2, 0) is 4.79 Å². The van der Waals surface area contributed by atoms with Crippen LogP contribution >= 0.6 is 23.4 Å². The molecule has 1 aliphatic rings. The second-order valence-corrected chi connectivity index (χ2v) is 6.66. The monoisotopic (exact) mass is 313 g/mol. The molecule has 1 aromatic carbocycles. The lowest BCUT2D eigenvalue weighted by Crippen LogP contribution is -2.17. The molecule has 0 unspecified atom stereocenters. The van der Waals surface area contributed by atoms with E-state index in [2.05, 4.69) is 5.32 Å². The van der Waals surface area contributed by atoms with Gasteiger partial charge in [-0.3, -0.25) is 4.79 Å². The summed E-state index contributed by atoms with van der Waals surface area (Å²) in [6.07, 6.45) is 6.42. The minimum atomic E-state index is 0.0295. The Morgan fingerprint density at radius 1 is 1.40 bits per heavy atom. The summed E-state index contributed by atoms with van der Waals surface area (Å²) in [5.41, 5.74) is 0.713. The number of ether oxygens (including phenoxy) is 1. The van der Waals surface area contributed by atoms with Crippen LogP contribution in [0.15, 0.2) is 18.2 Å². The molecule has 110 valence electrons. The predicted molar refractivity (Wildman–Crippen MR) is 86.0 cm³/mol. The average Bonchev–Trinajstić information content (AvgIpc) is 2.46. The maximum atomic E-state index is 11.9. The van der Waals surface area contributed by atoms with Crippen LogP contribution in [0.5, 0.6) is 5.75 Å². The average molecular weight is 314 g/mol. The first-order valence-electron chi connectivity index (χ1n) is 6.94. The van der Waals surface area contributed by atoms with Gasteiger partial charge in [-0.05, 0) is 31.0 Å². The Bertz CT molecular complexity index is 461. The molecule has 20 heavy (non-hydrogen) atoms. The molecule has 5 heteroatoms. The molecule has 1 aliphatic carbocycles. The fraction of sp³-hybridized carbons (Fsp3) is 0.533. The summed E-state index contributed by atoms with van der Waals surface area (Å²) in [7, 11) is 1.57. The number of halogens is 1. The molecule has 1 N–H and O–H groups in total. The van der Waals surface area contributed by atoms with Gasteiger partial charge in [-0.25, -0.2) is 0 Å². The Hall–Kier alpha value is -0.870. The molecule has 3 nitrogen and oxygen atoms in total. The lowest BCUT2D eigenvalue weighted by molar-refractivity contribution is -0.113. The summed E-state index contributed by atoms with van der Waals surface area (Å²) in [5.74, 6) is 1.15. The molecular weight excluding hydrogens is 294 g/mol. The van der Waals surface area contributed by atoms with Gasteiger partial charge in [-0.1, -0.05) is 30.9 Å². The van der Waals surface area contributed by atoms with Crippen molar-refractivity contribution in [2.24, 2.45) is 0 Å². The molecule has 0 aromatic heterocycles. The number of thioether (sulfide) groups is 1. The molecular formula is C15H20ClNO2S. The third-order valence-electron chi connectivity index (χ3n) is 3.44. The van der Waals surface area contributed by atoms with Crippen LogP contribution in [0.1, 0.15) is 32.1 Å². The zero-order chi connectivity index (χ0) is 14.4. The molecule has 0 spiro atoms. The Balaban J connectivity index is 1.80. The van der Waals surface area contributed by atoms with Crippen LogP contribution in [-0.4, -0.2) is 24.0 Å². The van der Waals surface area contributed by atoms with Crippen molar-refractivity contribution in [3.8, 4) is 5.75 Å². The fourth-order valence-electron chi connectivity index (χ4n) is 2.37. The van der Waals surface area contributed by atoms with Gasteiger partial charge in [0, 0.05) is 10.9 Å². The van der Waals surface area contributed by atoms with E-state index < -0.39 is 0 Å². The third-order valence-corrected chi connectivity index (χ3v) is 5.10. The maximum Gasteiger partial charge on any atom is 0.234 e. The molecule has 0 aliphatic heterocycles. The Labute approximate surface area is 129 Å². The highest BCUT2D eigenvalue weighted by molar-refractivity contribution is 8.00. The number of rotatable bonds is 5. The van der Waals surface area contributed by atoms with Crippen LogP contribution in [0, 0.1) is 0 Å². The van der Waals surface area contributed by atoms with Crippen LogP contribution in [0.2, 0.25) is 5.02 Å². The van der Waals surface area contributed by atoms with E-state index in [1.54, 1.807) is 37.1 Å². The van der Waals surface area contributed by atoms with E-state index in [1.807, 2.05) is 0 Å².